The van der Waals surface area contributed by atoms with Crippen molar-refractivity contribution < 1.29 is 19.5 Å². The number of hydrogen-bond donors (Lipinski definition) is 3. The van der Waals surface area contributed by atoms with Gasteiger partial charge in [0.15, 0.2) is 0 Å². The van der Waals surface area contributed by atoms with Crippen LogP contribution in [0.15, 0.2) is 60.7 Å². The molecule has 3 saturated heterocycles. The Kier molecular flexibility index (Phi) is 8.33. The molecule has 0 radical (unpaired) electrons. The number of anilines is 1. The summed E-state index contributed by atoms with van der Waals surface area (Å²) in [5.74, 6) is -1.59. The maximum atomic E-state index is 14.4. The average molecular weight is 550 g/mol. The standard InChI is InChI=1S/C31H39N3O4S/c1-3-4-11-16-32-29(37)27-31-20(2)17-24(39-31)25(28(36)33-22-14-9-6-10-15-22)26(31)30(38)34(27)23(19-35)18-21-12-7-5-8-13-21/h5-10,12-15,20,23-27,35H,3-4,11,16-19H2,1-2H3,(H,32,37)(H,33,36)/t20?,23-,24+,25-,26+,27?,31?/m1/s1. The molecule has 2 aromatic carbocycles. The highest BCUT2D eigenvalue weighted by atomic mass is 32.2. The van der Waals surface area contributed by atoms with Gasteiger partial charge in [0.05, 0.1) is 29.2 Å². The van der Waals surface area contributed by atoms with Crippen LogP contribution in [0, 0.1) is 17.8 Å². The van der Waals surface area contributed by atoms with E-state index >= 15 is 0 Å². The van der Waals surface area contributed by atoms with E-state index in [0.717, 1.165) is 31.2 Å². The molecule has 3 N–H and O–H groups in total. The largest absolute Gasteiger partial charge is 0.394 e. The number of para-hydroxylation sites is 1. The molecule has 3 aliphatic heterocycles. The van der Waals surface area contributed by atoms with Crippen LogP contribution in [0.4, 0.5) is 5.69 Å². The van der Waals surface area contributed by atoms with Crippen LogP contribution in [0.2, 0.25) is 0 Å². The minimum atomic E-state index is -0.739. The Morgan fingerprint density at radius 3 is 2.44 bits per heavy atom. The van der Waals surface area contributed by atoms with Gasteiger partial charge in [0.1, 0.15) is 6.04 Å². The second kappa shape index (κ2) is 11.7. The van der Waals surface area contributed by atoms with Gasteiger partial charge in [-0.15, -0.1) is 11.8 Å². The fraction of sp³-hybridized carbons (Fsp3) is 0.516. The van der Waals surface area contributed by atoms with Gasteiger partial charge in [-0.2, -0.15) is 0 Å². The minimum Gasteiger partial charge on any atom is -0.394 e. The molecule has 2 bridgehead atoms. The van der Waals surface area contributed by atoms with E-state index in [4.69, 9.17) is 0 Å². The molecular formula is C31H39N3O4S. The van der Waals surface area contributed by atoms with Crippen molar-refractivity contribution in [3.8, 4) is 0 Å². The molecule has 1 spiro atoms. The summed E-state index contributed by atoms with van der Waals surface area (Å²) in [4.78, 5) is 43.7. The predicted molar refractivity (Wildman–Crippen MR) is 154 cm³/mol. The summed E-state index contributed by atoms with van der Waals surface area (Å²) < 4.78 is -0.709. The van der Waals surface area contributed by atoms with Crippen LogP contribution in [0.5, 0.6) is 0 Å². The fourth-order valence-electron chi connectivity index (χ4n) is 7.02. The second-order valence-electron chi connectivity index (χ2n) is 11.2. The van der Waals surface area contributed by atoms with Gasteiger partial charge in [-0.3, -0.25) is 14.4 Å². The fourth-order valence-corrected chi connectivity index (χ4v) is 9.43. The number of amides is 3. The second-order valence-corrected chi connectivity index (χ2v) is 12.7. The van der Waals surface area contributed by atoms with E-state index in [1.165, 1.54) is 0 Å². The lowest BCUT2D eigenvalue weighted by Crippen LogP contribution is -2.58. The first-order valence-electron chi connectivity index (χ1n) is 14.2. The number of likely N-dealkylation sites (tertiary alicyclic amines) is 1. The van der Waals surface area contributed by atoms with Crippen molar-refractivity contribution in [3.63, 3.8) is 0 Å². The number of nitrogens with one attached hydrogen (secondary N) is 2. The lowest BCUT2D eigenvalue weighted by atomic mass is 9.66. The van der Waals surface area contributed by atoms with E-state index in [1.807, 2.05) is 60.7 Å². The maximum Gasteiger partial charge on any atom is 0.244 e. The highest BCUT2D eigenvalue weighted by molar-refractivity contribution is 8.02. The molecule has 208 valence electrons. The highest BCUT2D eigenvalue weighted by Gasteiger charge is 2.76. The summed E-state index contributed by atoms with van der Waals surface area (Å²) in [6, 6.07) is 17.8. The Labute approximate surface area is 235 Å². The molecule has 3 aliphatic rings. The molecule has 3 amide bonds. The van der Waals surface area contributed by atoms with Crippen LogP contribution in [0.1, 0.15) is 45.1 Å². The van der Waals surface area contributed by atoms with Crippen molar-refractivity contribution >= 4 is 35.2 Å². The molecule has 2 aromatic rings. The zero-order chi connectivity index (χ0) is 27.6. The van der Waals surface area contributed by atoms with Crippen molar-refractivity contribution in [1.29, 1.82) is 0 Å². The molecule has 39 heavy (non-hydrogen) atoms. The SMILES string of the molecule is CCCCCNC(=O)C1N([C@@H](CO)Cc2ccccc2)C(=O)[C@@H]2[C@H](C(=O)Nc3ccccc3)[C@@H]3CC(C)C12S3. The number of unbranched alkanes of at least 4 members (excludes halogenated alkanes) is 2. The molecule has 7 atom stereocenters. The summed E-state index contributed by atoms with van der Waals surface area (Å²) in [5, 5.41) is 16.7. The Morgan fingerprint density at radius 1 is 1.08 bits per heavy atom. The molecule has 3 heterocycles. The van der Waals surface area contributed by atoms with E-state index in [2.05, 4.69) is 24.5 Å². The number of carbonyl (C=O) groups is 3. The predicted octanol–water partition coefficient (Wildman–Crippen LogP) is 3.87. The van der Waals surface area contributed by atoms with E-state index in [1.54, 1.807) is 16.7 Å². The first kappa shape index (κ1) is 27.7. The number of carbonyl (C=O) groups excluding carboxylic acids is 3. The summed E-state index contributed by atoms with van der Waals surface area (Å²) >= 11 is 1.66. The lowest BCUT2D eigenvalue weighted by molar-refractivity contribution is -0.142. The van der Waals surface area contributed by atoms with Gasteiger partial charge in [0.25, 0.3) is 0 Å². The first-order valence-corrected chi connectivity index (χ1v) is 15.1. The molecule has 0 aromatic heterocycles. The summed E-state index contributed by atoms with van der Waals surface area (Å²) in [6.45, 7) is 4.53. The molecule has 3 unspecified atom stereocenters. The van der Waals surface area contributed by atoms with Crippen LogP contribution >= 0.6 is 11.8 Å². The average Bonchev–Trinajstić information content (AvgIpc) is 3.54. The van der Waals surface area contributed by atoms with Crippen molar-refractivity contribution in [2.24, 2.45) is 17.8 Å². The molecule has 7 nitrogen and oxygen atoms in total. The van der Waals surface area contributed by atoms with E-state index in [0.29, 0.717) is 18.7 Å². The monoisotopic (exact) mass is 549 g/mol. The number of benzene rings is 2. The number of fused-ring (bicyclic) bond motifs is 1. The number of aliphatic hydroxyl groups excluding tert-OH is 1. The van der Waals surface area contributed by atoms with Gasteiger partial charge in [-0.1, -0.05) is 75.2 Å². The minimum absolute atomic E-state index is 0.0306. The van der Waals surface area contributed by atoms with Gasteiger partial charge < -0.3 is 20.6 Å². The van der Waals surface area contributed by atoms with Crippen LogP contribution < -0.4 is 10.6 Å². The Morgan fingerprint density at radius 2 is 1.77 bits per heavy atom. The maximum absolute atomic E-state index is 14.4. The summed E-state index contributed by atoms with van der Waals surface area (Å²) in [7, 11) is 0. The third-order valence-corrected chi connectivity index (χ3v) is 10.8. The van der Waals surface area contributed by atoms with Gasteiger partial charge in [-0.05, 0) is 42.9 Å². The van der Waals surface area contributed by atoms with Crippen LogP contribution in [0.25, 0.3) is 0 Å². The molecule has 0 aliphatic carbocycles. The molecule has 0 saturated carbocycles. The van der Waals surface area contributed by atoms with Gasteiger partial charge >= 0.3 is 0 Å². The van der Waals surface area contributed by atoms with Gasteiger partial charge in [0, 0.05) is 17.5 Å². The van der Waals surface area contributed by atoms with Crippen LogP contribution in [0.3, 0.4) is 0 Å². The van der Waals surface area contributed by atoms with Crippen molar-refractivity contribution in [1.82, 2.24) is 10.2 Å². The molecule has 8 heteroatoms. The Bertz CT molecular complexity index is 1180. The Balaban J connectivity index is 1.50. The quantitative estimate of drug-likeness (QED) is 0.370. The van der Waals surface area contributed by atoms with Crippen molar-refractivity contribution in [3.05, 3.63) is 66.2 Å². The zero-order valence-corrected chi connectivity index (χ0v) is 23.5. The van der Waals surface area contributed by atoms with Gasteiger partial charge in [0.2, 0.25) is 17.7 Å². The van der Waals surface area contributed by atoms with Crippen LogP contribution in [-0.4, -0.2) is 63.0 Å². The number of thioether (sulfide) groups is 1. The summed E-state index contributed by atoms with van der Waals surface area (Å²) in [5.41, 5.74) is 1.69. The topological polar surface area (TPSA) is 98.7 Å². The van der Waals surface area contributed by atoms with E-state index in [-0.39, 0.29) is 35.5 Å². The van der Waals surface area contributed by atoms with Gasteiger partial charge in [-0.25, -0.2) is 0 Å². The number of hydrogen-bond acceptors (Lipinski definition) is 5. The van der Waals surface area contributed by atoms with E-state index in [9.17, 15) is 19.5 Å². The zero-order valence-electron chi connectivity index (χ0n) is 22.7. The summed E-state index contributed by atoms with van der Waals surface area (Å²) in [6.07, 6.45) is 4.16. The number of aliphatic hydroxyl groups is 1. The first-order chi connectivity index (χ1) is 18.9. The third-order valence-electron chi connectivity index (χ3n) is 8.77. The van der Waals surface area contributed by atoms with Crippen molar-refractivity contribution in [2.45, 2.75) is 68.0 Å². The third kappa shape index (κ3) is 4.97. The van der Waals surface area contributed by atoms with E-state index < -0.39 is 28.7 Å². The van der Waals surface area contributed by atoms with Crippen molar-refractivity contribution in [2.75, 3.05) is 18.5 Å². The Hall–Kier alpha value is -2.84. The normalized spacial score (nSPS) is 29.8. The molecular weight excluding hydrogens is 510 g/mol. The molecule has 3 fully saturated rings. The highest BCUT2D eigenvalue weighted by Crippen LogP contribution is 2.68. The number of nitrogens with zero attached hydrogens (tertiary/aromatic N) is 1. The molecule has 5 rings (SSSR count). The smallest absolute Gasteiger partial charge is 0.244 e. The van der Waals surface area contributed by atoms with Crippen LogP contribution in [-0.2, 0) is 20.8 Å². The number of rotatable bonds is 11. The lowest BCUT2D eigenvalue weighted by Gasteiger charge is -2.40.